The van der Waals surface area contributed by atoms with Crippen LogP contribution in [0, 0.1) is 18.6 Å². The zero-order chi connectivity index (χ0) is 45.2. The van der Waals surface area contributed by atoms with Crippen molar-refractivity contribution < 1.29 is 71.9 Å². The predicted octanol–water partition coefficient (Wildman–Crippen LogP) is 7.52. The third kappa shape index (κ3) is 9.67. The van der Waals surface area contributed by atoms with Crippen LogP contribution in [0.4, 0.5) is 40.8 Å². The van der Waals surface area contributed by atoms with Crippen molar-refractivity contribution >= 4 is 27.6 Å². The average Bonchev–Trinajstić information content (AvgIpc) is 3.72. The standard InChI is InChI=1S/C40H37F8N5O8S/c1-23-5-9-26(10-6-23)62(57,58)61-18-16-59-15-17-60-30-12-7-24(33(41)34(30)42)21-53-37(56)32(35(54)38(52(53)2)13-3-4-14-38)36(55)51-28-11-8-25(39(43,44)45)19-27(28)29-20-31(40(46,47)48)50-22-49-29/h5-12,19-20,22,54H,3-4,13-18,21H2,1-2H3,(H,51,55). The van der Waals surface area contributed by atoms with Gasteiger partial charge in [0, 0.05) is 18.2 Å². The minimum atomic E-state index is -5.02. The summed E-state index contributed by atoms with van der Waals surface area (Å²) in [7, 11) is -2.63. The van der Waals surface area contributed by atoms with E-state index < -0.39 is 103 Å². The van der Waals surface area contributed by atoms with Crippen LogP contribution in [0.3, 0.4) is 0 Å². The van der Waals surface area contributed by atoms with E-state index in [0.717, 1.165) is 28.8 Å². The van der Waals surface area contributed by atoms with Crippen LogP contribution in [-0.2, 0) is 47.5 Å². The molecule has 0 atom stereocenters. The average molecular weight is 900 g/mol. The lowest BCUT2D eigenvalue weighted by atomic mass is 9.88. The molecular weight excluding hydrogens is 863 g/mol. The molecule has 1 saturated carbocycles. The number of likely N-dealkylation sites (N-methyl/N-ethyl adjacent to an activating group) is 1. The number of alkyl halides is 6. The molecule has 1 aliphatic heterocycles. The van der Waals surface area contributed by atoms with Crippen molar-refractivity contribution in [2.45, 2.75) is 61.9 Å². The van der Waals surface area contributed by atoms with Crippen molar-refractivity contribution in [1.82, 2.24) is 20.0 Å². The Morgan fingerprint density at radius 2 is 1.56 bits per heavy atom. The Bertz CT molecular complexity index is 2480. The molecule has 3 aromatic carbocycles. The minimum Gasteiger partial charge on any atom is -0.509 e. The lowest BCUT2D eigenvalue weighted by Crippen LogP contribution is -2.62. The molecule has 13 nitrogen and oxygen atoms in total. The summed E-state index contributed by atoms with van der Waals surface area (Å²) in [4.78, 5) is 34.8. The van der Waals surface area contributed by atoms with Gasteiger partial charge in [0.2, 0.25) is 5.82 Å². The van der Waals surface area contributed by atoms with Crippen LogP contribution >= 0.6 is 0 Å². The Labute approximate surface area is 349 Å². The van der Waals surface area contributed by atoms with E-state index >= 15 is 8.78 Å². The molecule has 2 heterocycles. The number of carbonyl (C=O) groups is 2. The maximum atomic E-state index is 15.6. The van der Waals surface area contributed by atoms with Crippen LogP contribution in [0.25, 0.3) is 11.3 Å². The van der Waals surface area contributed by atoms with Crippen molar-refractivity contribution in [3.05, 3.63) is 112 Å². The molecule has 4 aromatic rings. The number of hydrazine groups is 1. The van der Waals surface area contributed by atoms with Gasteiger partial charge in [0.05, 0.1) is 53.7 Å². The highest BCUT2D eigenvalue weighted by Gasteiger charge is 2.53. The molecule has 1 spiro atoms. The van der Waals surface area contributed by atoms with Crippen LogP contribution in [0.15, 0.2) is 83.2 Å². The van der Waals surface area contributed by atoms with E-state index in [-0.39, 0.29) is 49.7 Å². The van der Waals surface area contributed by atoms with Crippen molar-refractivity contribution in [2.75, 3.05) is 38.8 Å². The van der Waals surface area contributed by atoms with Gasteiger partial charge in [-0.15, -0.1) is 0 Å². The molecule has 1 aromatic heterocycles. The zero-order valence-electron chi connectivity index (χ0n) is 32.7. The van der Waals surface area contributed by atoms with Crippen LogP contribution < -0.4 is 10.1 Å². The smallest absolute Gasteiger partial charge is 0.433 e. The molecule has 6 rings (SSSR count). The number of aryl methyl sites for hydroxylation is 1. The Morgan fingerprint density at radius 1 is 0.887 bits per heavy atom. The topological polar surface area (TPSA) is 160 Å². The summed E-state index contributed by atoms with van der Waals surface area (Å²) in [6.07, 6.45) is -8.15. The van der Waals surface area contributed by atoms with E-state index in [1.165, 1.54) is 24.2 Å². The van der Waals surface area contributed by atoms with Gasteiger partial charge in [-0.1, -0.05) is 36.6 Å². The van der Waals surface area contributed by atoms with Gasteiger partial charge in [0.1, 0.15) is 30.0 Å². The number of rotatable bonds is 14. The number of carbonyl (C=O) groups excluding carboxylic acids is 2. The SMILES string of the molecule is Cc1ccc(S(=O)(=O)OCCOCCOc2ccc(CN3C(=O)C(C(=O)Nc4ccc(C(F)(F)F)cc4-c4cc(C(F)(F)F)ncn4)=C(O)C4(CCCC4)N3C)c(F)c2F)cc1. The monoisotopic (exact) mass is 899 g/mol. The van der Waals surface area contributed by atoms with Gasteiger partial charge in [0.15, 0.2) is 11.6 Å². The largest absolute Gasteiger partial charge is 0.509 e. The normalized spacial score (nSPS) is 16.0. The number of amides is 2. The predicted molar refractivity (Wildman–Crippen MR) is 202 cm³/mol. The van der Waals surface area contributed by atoms with Crippen LogP contribution in [0.5, 0.6) is 5.75 Å². The van der Waals surface area contributed by atoms with Gasteiger partial charge in [-0.2, -0.15) is 39.2 Å². The Balaban J connectivity index is 1.17. The van der Waals surface area contributed by atoms with Crippen LogP contribution in [0.1, 0.15) is 48.1 Å². The highest BCUT2D eigenvalue weighted by atomic mass is 32.2. The van der Waals surface area contributed by atoms with E-state index in [1.807, 2.05) is 0 Å². The molecule has 0 radical (unpaired) electrons. The van der Waals surface area contributed by atoms with Gasteiger partial charge in [-0.05, 0) is 62.2 Å². The number of nitrogens with zero attached hydrogens (tertiary/aromatic N) is 4. The number of halogens is 8. The Morgan fingerprint density at radius 3 is 2.23 bits per heavy atom. The molecule has 0 bridgehead atoms. The molecular formula is C40H37F8N5O8S. The number of anilines is 1. The number of benzene rings is 3. The fraction of sp³-hybridized carbons (Fsp3) is 0.350. The molecule has 1 fully saturated rings. The zero-order valence-corrected chi connectivity index (χ0v) is 33.6. The second-order valence-corrected chi connectivity index (χ2v) is 15.9. The van der Waals surface area contributed by atoms with Crippen molar-refractivity contribution in [3.63, 3.8) is 0 Å². The second-order valence-electron chi connectivity index (χ2n) is 14.2. The third-order valence-electron chi connectivity index (χ3n) is 10.3. The molecule has 2 aliphatic rings. The van der Waals surface area contributed by atoms with Crippen molar-refractivity contribution in [3.8, 4) is 17.0 Å². The van der Waals surface area contributed by atoms with Crippen LogP contribution in [-0.4, -0.2) is 84.3 Å². The number of ether oxygens (including phenoxy) is 2. The first-order chi connectivity index (χ1) is 29.1. The summed E-state index contributed by atoms with van der Waals surface area (Å²) in [6, 6.07) is 10.3. The first-order valence-corrected chi connectivity index (χ1v) is 20.1. The van der Waals surface area contributed by atoms with Crippen molar-refractivity contribution in [1.29, 1.82) is 0 Å². The molecule has 2 N–H and O–H groups in total. The van der Waals surface area contributed by atoms with Gasteiger partial charge in [-0.25, -0.2) is 19.4 Å². The molecule has 1 aliphatic carbocycles. The molecule has 2 amide bonds. The summed E-state index contributed by atoms with van der Waals surface area (Å²) < 4.78 is 153. The van der Waals surface area contributed by atoms with Gasteiger partial charge < -0.3 is 19.9 Å². The number of aliphatic hydroxyl groups is 1. The third-order valence-corrected chi connectivity index (χ3v) is 11.6. The number of aliphatic hydroxyl groups excluding tert-OH is 1. The molecule has 22 heteroatoms. The number of aromatic nitrogens is 2. The lowest BCUT2D eigenvalue weighted by Gasteiger charge is -2.48. The maximum Gasteiger partial charge on any atom is 0.433 e. The highest BCUT2D eigenvalue weighted by molar-refractivity contribution is 7.86. The molecule has 62 heavy (non-hydrogen) atoms. The van der Waals surface area contributed by atoms with E-state index in [9.17, 15) is 49.5 Å². The highest BCUT2D eigenvalue weighted by Crippen LogP contribution is 2.45. The molecule has 0 saturated heterocycles. The lowest BCUT2D eigenvalue weighted by molar-refractivity contribution is -0.163. The quantitative estimate of drug-likeness (QED) is 0.0558. The Kier molecular flexibility index (Phi) is 13.3. The van der Waals surface area contributed by atoms with Crippen molar-refractivity contribution in [2.24, 2.45) is 0 Å². The van der Waals surface area contributed by atoms with Gasteiger partial charge in [-0.3, -0.25) is 18.8 Å². The second kappa shape index (κ2) is 17.9. The molecule has 0 unspecified atom stereocenters. The first-order valence-electron chi connectivity index (χ1n) is 18.7. The van der Waals surface area contributed by atoms with E-state index in [1.54, 1.807) is 19.1 Å². The summed E-state index contributed by atoms with van der Waals surface area (Å²) in [6.45, 7) is 0.129. The summed E-state index contributed by atoms with van der Waals surface area (Å²) in [5.41, 5.74) is -6.44. The van der Waals surface area contributed by atoms with E-state index in [2.05, 4.69) is 15.3 Å². The number of hydrogen-bond acceptors (Lipinski definition) is 11. The summed E-state index contributed by atoms with van der Waals surface area (Å²) in [5, 5.41) is 16.0. The fourth-order valence-corrected chi connectivity index (χ4v) is 7.92. The minimum absolute atomic E-state index is 0.0381. The van der Waals surface area contributed by atoms with Crippen LogP contribution in [0.2, 0.25) is 0 Å². The van der Waals surface area contributed by atoms with E-state index in [4.69, 9.17) is 13.7 Å². The molecule has 332 valence electrons. The number of hydrogen-bond donors (Lipinski definition) is 2. The Hall–Kier alpha value is -5.71. The summed E-state index contributed by atoms with van der Waals surface area (Å²) in [5.74, 6) is -6.69. The fourth-order valence-electron chi connectivity index (χ4n) is 7.03. The number of nitrogens with one attached hydrogen (secondary N) is 1. The maximum absolute atomic E-state index is 15.6. The first kappa shape index (κ1) is 45.8. The summed E-state index contributed by atoms with van der Waals surface area (Å²) >= 11 is 0. The van der Waals surface area contributed by atoms with Gasteiger partial charge >= 0.3 is 12.4 Å². The van der Waals surface area contributed by atoms with Gasteiger partial charge in [0.25, 0.3) is 21.9 Å². The van der Waals surface area contributed by atoms with E-state index in [0.29, 0.717) is 37.4 Å².